The summed E-state index contributed by atoms with van der Waals surface area (Å²) >= 11 is 0. The Morgan fingerprint density at radius 1 is 1.14 bits per heavy atom. The van der Waals surface area contributed by atoms with E-state index >= 15 is 0 Å². The second-order valence-electron chi connectivity index (χ2n) is 4.19. The highest BCUT2D eigenvalue weighted by Crippen LogP contribution is 2.30. The molecule has 0 aliphatic rings. The van der Waals surface area contributed by atoms with Gasteiger partial charge in [0.15, 0.2) is 0 Å². The third kappa shape index (κ3) is 3.63. The number of aromatic nitrogens is 1. The summed E-state index contributed by atoms with van der Waals surface area (Å²) in [5, 5.41) is 8.88. The smallest absolute Gasteiger partial charge is 0.433 e. The summed E-state index contributed by atoms with van der Waals surface area (Å²) in [6, 6.07) is 10.2. The van der Waals surface area contributed by atoms with E-state index in [4.69, 9.17) is 15.7 Å². The molecule has 0 aliphatic heterocycles. The molecule has 2 N–H and O–H groups in total. The Hall–Kier alpha value is -2.75. The molecule has 1 aromatic heterocycles. The fourth-order valence-corrected chi connectivity index (χ4v) is 1.56. The Morgan fingerprint density at radius 3 is 2.38 bits per heavy atom. The van der Waals surface area contributed by atoms with E-state index in [9.17, 15) is 13.2 Å². The second kappa shape index (κ2) is 5.71. The Kier molecular flexibility index (Phi) is 3.98. The number of ether oxygens (including phenoxy) is 1. The molecule has 0 saturated heterocycles. The lowest BCUT2D eigenvalue weighted by molar-refractivity contribution is -0.141. The van der Waals surface area contributed by atoms with Gasteiger partial charge in [-0.15, -0.1) is 0 Å². The zero-order chi connectivity index (χ0) is 15.5. The lowest BCUT2D eigenvalue weighted by atomic mass is 10.2. The fourth-order valence-electron chi connectivity index (χ4n) is 1.56. The van der Waals surface area contributed by atoms with Crippen molar-refractivity contribution in [2.75, 3.05) is 5.73 Å². The number of halogens is 3. The average molecular weight is 293 g/mol. The molecule has 0 saturated carbocycles. The summed E-state index contributed by atoms with van der Waals surface area (Å²) in [7, 11) is 0. The molecule has 21 heavy (non-hydrogen) atoms. The molecule has 0 amide bonds. The molecule has 0 fully saturated rings. The lowest BCUT2D eigenvalue weighted by Crippen LogP contribution is -2.10. The Balaban J connectivity index is 2.22. The Labute approximate surface area is 118 Å². The van der Waals surface area contributed by atoms with Gasteiger partial charge in [-0.05, 0) is 29.8 Å². The van der Waals surface area contributed by atoms with Crippen molar-refractivity contribution in [2.45, 2.75) is 12.8 Å². The number of nitrogens with zero attached hydrogens (tertiary/aromatic N) is 2. The summed E-state index contributed by atoms with van der Waals surface area (Å²) in [5.41, 5.74) is 5.63. The van der Waals surface area contributed by atoms with Gasteiger partial charge in [-0.2, -0.15) is 18.4 Å². The SMILES string of the molecule is N#Cc1ccc(C(F)(F)F)nc1OCc1ccc(N)cc1. The minimum absolute atomic E-state index is 0.0106. The molecule has 0 unspecified atom stereocenters. The topological polar surface area (TPSA) is 71.9 Å². The highest BCUT2D eigenvalue weighted by atomic mass is 19.4. The Bertz CT molecular complexity index is 675. The van der Waals surface area contributed by atoms with Crippen molar-refractivity contribution in [3.63, 3.8) is 0 Å². The van der Waals surface area contributed by atoms with Crippen molar-refractivity contribution < 1.29 is 17.9 Å². The van der Waals surface area contributed by atoms with Crippen LogP contribution in [0.5, 0.6) is 5.88 Å². The average Bonchev–Trinajstić information content (AvgIpc) is 2.45. The number of nitrogen functional groups attached to an aromatic ring is 1. The largest absolute Gasteiger partial charge is 0.472 e. The molecule has 2 rings (SSSR count). The second-order valence-corrected chi connectivity index (χ2v) is 4.19. The van der Waals surface area contributed by atoms with Gasteiger partial charge in [-0.1, -0.05) is 12.1 Å². The van der Waals surface area contributed by atoms with Crippen LogP contribution in [-0.4, -0.2) is 4.98 Å². The maximum Gasteiger partial charge on any atom is 0.433 e. The Morgan fingerprint density at radius 2 is 1.81 bits per heavy atom. The van der Waals surface area contributed by atoms with Crippen LogP contribution in [0.3, 0.4) is 0 Å². The van der Waals surface area contributed by atoms with Gasteiger partial charge in [-0.25, -0.2) is 4.98 Å². The van der Waals surface area contributed by atoms with E-state index in [2.05, 4.69) is 4.98 Å². The van der Waals surface area contributed by atoms with E-state index in [1.807, 2.05) is 0 Å². The number of anilines is 1. The first kappa shape index (κ1) is 14.7. The molecular formula is C14H10F3N3O. The molecule has 1 heterocycles. The number of nitriles is 1. The monoisotopic (exact) mass is 293 g/mol. The van der Waals surface area contributed by atoms with Crippen LogP contribution in [-0.2, 0) is 12.8 Å². The highest BCUT2D eigenvalue weighted by molar-refractivity contribution is 5.41. The molecule has 0 aliphatic carbocycles. The van der Waals surface area contributed by atoms with E-state index in [1.54, 1.807) is 30.3 Å². The van der Waals surface area contributed by atoms with Crippen LogP contribution in [0.2, 0.25) is 0 Å². The van der Waals surface area contributed by atoms with Crippen molar-refractivity contribution in [1.82, 2.24) is 4.98 Å². The normalized spacial score (nSPS) is 11.0. The van der Waals surface area contributed by atoms with Crippen LogP contribution in [0.1, 0.15) is 16.8 Å². The number of hydrogen-bond acceptors (Lipinski definition) is 4. The predicted octanol–water partition coefficient (Wildman–Crippen LogP) is 3.13. The number of alkyl halides is 3. The number of rotatable bonds is 3. The summed E-state index contributed by atoms with van der Waals surface area (Å²) in [6.45, 7) is -0.0106. The van der Waals surface area contributed by atoms with Crippen LogP contribution in [0.15, 0.2) is 36.4 Å². The van der Waals surface area contributed by atoms with Gasteiger partial charge >= 0.3 is 6.18 Å². The van der Waals surface area contributed by atoms with Gasteiger partial charge in [0.05, 0.1) is 0 Å². The molecule has 7 heteroatoms. The first-order valence-electron chi connectivity index (χ1n) is 5.85. The zero-order valence-electron chi connectivity index (χ0n) is 10.7. The number of benzene rings is 1. The summed E-state index contributed by atoms with van der Waals surface area (Å²) in [6.07, 6.45) is -4.59. The molecule has 0 atom stereocenters. The van der Waals surface area contributed by atoms with Crippen LogP contribution in [0.4, 0.5) is 18.9 Å². The van der Waals surface area contributed by atoms with Crippen LogP contribution >= 0.6 is 0 Å². The van der Waals surface area contributed by atoms with E-state index in [-0.39, 0.29) is 18.1 Å². The molecule has 2 aromatic rings. The van der Waals surface area contributed by atoms with Crippen LogP contribution in [0.25, 0.3) is 0 Å². The van der Waals surface area contributed by atoms with E-state index in [0.717, 1.165) is 12.1 Å². The van der Waals surface area contributed by atoms with E-state index in [0.29, 0.717) is 11.3 Å². The van der Waals surface area contributed by atoms with Gasteiger partial charge in [0.2, 0.25) is 5.88 Å². The fraction of sp³-hybridized carbons (Fsp3) is 0.143. The minimum atomic E-state index is -4.59. The summed E-state index contributed by atoms with van der Waals surface area (Å²) < 4.78 is 43.0. The molecule has 0 spiro atoms. The predicted molar refractivity (Wildman–Crippen MR) is 69.1 cm³/mol. The minimum Gasteiger partial charge on any atom is -0.472 e. The van der Waals surface area contributed by atoms with Crippen molar-refractivity contribution in [2.24, 2.45) is 0 Å². The van der Waals surface area contributed by atoms with Crippen LogP contribution < -0.4 is 10.5 Å². The van der Waals surface area contributed by atoms with Gasteiger partial charge in [-0.3, -0.25) is 0 Å². The molecule has 0 radical (unpaired) electrons. The van der Waals surface area contributed by atoms with E-state index < -0.39 is 11.9 Å². The van der Waals surface area contributed by atoms with Crippen LogP contribution in [0, 0.1) is 11.3 Å². The van der Waals surface area contributed by atoms with Gasteiger partial charge in [0.1, 0.15) is 23.9 Å². The quantitative estimate of drug-likeness (QED) is 0.882. The number of pyridine rings is 1. The maximum atomic E-state index is 12.6. The summed E-state index contributed by atoms with van der Waals surface area (Å²) in [4.78, 5) is 3.35. The maximum absolute atomic E-state index is 12.6. The van der Waals surface area contributed by atoms with Crippen molar-refractivity contribution in [3.05, 3.63) is 53.2 Å². The van der Waals surface area contributed by atoms with Crippen molar-refractivity contribution >= 4 is 5.69 Å². The molecule has 1 aromatic carbocycles. The number of hydrogen-bond donors (Lipinski definition) is 1. The van der Waals surface area contributed by atoms with E-state index in [1.165, 1.54) is 0 Å². The van der Waals surface area contributed by atoms with Gasteiger partial charge in [0.25, 0.3) is 0 Å². The zero-order valence-corrected chi connectivity index (χ0v) is 10.7. The lowest BCUT2D eigenvalue weighted by Gasteiger charge is -2.10. The molecule has 0 bridgehead atoms. The summed E-state index contributed by atoms with van der Waals surface area (Å²) in [5.74, 6) is -0.343. The van der Waals surface area contributed by atoms with Gasteiger partial charge in [0, 0.05) is 5.69 Å². The van der Waals surface area contributed by atoms with Crippen molar-refractivity contribution in [3.8, 4) is 11.9 Å². The third-order valence-corrected chi connectivity index (χ3v) is 2.63. The third-order valence-electron chi connectivity index (χ3n) is 2.63. The van der Waals surface area contributed by atoms with Gasteiger partial charge < -0.3 is 10.5 Å². The molecule has 108 valence electrons. The van der Waals surface area contributed by atoms with Crippen molar-refractivity contribution in [1.29, 1.82) is 5.26 Å². The molecule has 4 nitrogen and oxygen atoms in total. The first-order valence-corrected chi connectivity index (χ1v) is 5.85. The highest BCUT2D eigenvalue weighted by Gasteiger charge is 2.33. The first-order chi connectivity index (χ1) is 9.90. The number of nitrogens with two attached hydrogens (primary N) is 1. The molecular weight excluding hydrogens is 283 g/mol. The standard InChI is InChI=1S/C14H10F3N3O/c15-14(16,17)12-6-3-10(7-18)13(20-12)21-8-9-1-4-11(19)5-2-9/h1-6H,8,19H2.